The number of fused-ring (bicyclic) bond motifs is 1. The fourth-order valence-corrected chi connectivity index (χ4v) is 2.69. The van der Waals surface area contributed by atoms with E-state index in [1.807, 2.05) is 0 Å². The van der Waals surface area contributed by atoms with Crippen LogP contribution in [0.4, 0.5) is 10.2 Å². The average Bonchev–Trinajstić information content (AvgIpc) is 2.75. The highest BCUT2D eigenvalue weighted by molar-refractivity contribution is 9.08. The first-order chi connectivity index (χ1) is 10.4. The first kappa shape index (κ1) is 14.5. The maximum atomic E-state index is 14.2. The molecule has 1 aromatic heterocycles. The molecule has 22 heavy (non-hydrogen) atoms. The van der Waals surface area contributed by atoms with E-state index < -0.39 is 23.2 Å². The lowest BCUT2D eigenvalue weighted by molar-refractivity contribution is 0.0880. The van der Waals surface area contributed by atoms with Crippen molar-refractivity contribution in [1.82, 2.24) is 9.88 Å². The smallest absolute Gasteiger partial charge is 0.262 e. The summed E-state index contributed by atoms with van der Waals surface area (Å²) in [6.07, 6.45) is 0. The van der Waals surface area contributed by atoms with Gasteiger partial charge < -0.3 is 5.73 Å². The van der Waals surface area contributed by atoms with E-state index in [0.717, 1.165) is 10.6 Å². The molecule has 0 spiro atoms. The number of rotatable bonds is 2. The van der Waals surface area contributed by atoms with E-state index in [4.69, 9.17) is 5.73 Å². The molecule has 0 atom stereocenters. The number of aromatic nitrogens is 1. The molecule has 0 unspecified atom stereocenters. The van der Waals surface area contributed by atoms with Crippen LogP contribution in [-0.4, -0.2) is 16.4 Å². The molecule has 3 rings (SSSR count). The van der Waals surface area contributed by atoms with Crippen molar-refractivity contribution in [3.63, 3.8) is 0 Å². The van der Waals surface area contributed by atoms with Gasteiger partial charge in [-0.25, -0.2) is 4.39 Å². The van der Waals surface area contributed by atoms with Gasteiger partial charge in [-0.1, -0.05) is 22.0 Å². The number of nitrogens with two attached hydrogens (primary N) is 1. The topological polar surface area (TPSA) is 94.2 Å². The van der Waals surface area contributed by atoms with Crippen LogP contribution in [-0.2, 0) is 5.33 Å². The third kappa shape index (κ3) is 2.03. The summed E-state index contributed by atoms with van der Waals surface area (Å²) in [4.78, 5) is 35.5. The Morgan fingerprint density at radius 1 is 1.18 bits per heavy atom. The van der Waals surface area contributed by atoms with E-state index in [0.29, 0.717) is 10.9 Å². The van der Waals surface area contributed by atoms with Crippen molar-refractivity contribution in [3.8, 4) is 5.69 Å². The van der Waals surface area contributed by atoms with E-state index in [9.17, 15) is 18.8 Å². The number of nitrogens with one attached hydrogen (secondary N) is 1. The number of carbonyl (C=O) groups excluding carboxylic acids is 2. The first-order valence-corrected chi connectivity index (χ1v) is 7.32. The molecule has 0 saturated carbocycles. The van der Waals surface area contributed by atoms with Crippen molar-refractivity contribution < 1.29 is 14.0 Å². The second-order valence-corrected chi connectivity index (χ2v) is 5.26. The molecule has 0 saturated heterocycles. The van der Waals surface area contributed by atoms with E-state index in [1.54, 1.807) is 6.07 Å². The summed E-state index contributed by atoms with van der Waals surface area (Å²) in [7, 11) is 0. The Labute approximate surface area is 131 Å². The second-order valence-electron chi connectivity index (χ2n) is 4.69. The van der Waals surface area contributed by atoms with Crippen LogP contribution in [0.15, 0.2) is 29.1 Å². The summed E-state index contributed by atoms with van der Waals surface area (Å²) >= 11 is 3.21. The summed E-state index contributed by atoms with van der Waals surface area (Å²) in [6, 6.07) is 5.25. The third-order valence-electron chi connectivity index (χ3n) is 3.36. The van der Waals surface area contributed by atoms with Crippen LogP contribution in [0.1, 0.15) is 26.3 Å². The molecule has 8 heteroatoms. The highest BCUT2D eigenvalue weighted by Crippen LogP contribution is 2.24. The fourth-order valence-electron chi connectivity index (χ4n) is 2.34. The van der Waals surface area contributed by atoms with Crippen LogP contribution in [0.2, 0.25) is 0 Å². The van der Waals surface area contributed by atoms with E-state index >= 15 is 0 Å². The van der Waals surface area contributed by atoms with Gasteiger partial charge in [-0.15, -0.1) is 0 Å². The lowest BCUT2D eigenvalue weighted by Gasteiger charge is -2.13. The number of halogens is 2. The van der Waals surface area contributed by atoms with Gasteiger partial charge in [0.05, 0.1) is 16.8 Å². The van der Waals surface area contributed by atoms with Crippen molar-refractivity contribution in [1.29, 1.82) is 0 Å². The number of amides is 2. The van der Waals surface area contributed by atoms with E-state index in [-0.39, 0.29) is 22.6 Å². The normalized spacial score (nSPS) is 13.2. The standard InChI is InChI=1S/C14H9BrFN3O3/c15-5-6-1-2-9(8(16)3-6)19-10(20)4-7-11(12(19)17)14(22)18-13(7)21/h1-4H,5,17H2,(H,18,21,22). The SMILES string of the molecule is Nc1c2c(cc(=O)n1-c1ccc(CBr)cc1F)C(=O)NC2=O. The Morgan fingerprint density at radius 3 is 2.55 bits per heavy atom. The van der Waals surface area contributed by atoms with Crippen LogP contribution in [0.25, 0.3) is 5.69 Å². The number of hydrogen-bond acceptors (Lipinski definition) is 4. The number of benzene rings is 1. The highest BCUT2D eigenvalue weighted by Gasteiger charge is 2.32. The molecule has 2 aromatic rings. The first-order valence-electron chi connectivity index (χ1n) is 6.20. The molecule has 0 radical (unpaired) electrons. The van der Waals surface area contributed by atoms with Crippen LogP contribution in [0, 0.1) is 5.82 Å². The molecule has 0 bridgehead atoms. The molecular weight excluding hydrogens is 357 g/mol. The maximum Gasteiger partial charge on any atom is 0.262 e. The van der Waals surface area contributed by atoms with Crippen molar-refractivity contribution >= 4 is 33.6 Å². The zero-order valence-corrected chi connectivity index (χ0v) is 12.6. The molecule has 112 valence electrons. The van der Waals surface area contributed by atoms with Crippen molar-refractivity contribution in [3.05, 3.63) is 57.1 Å². The van der Waals surface area contributed by atoms with Gasteiger partial charge in [0.25, 0.3) is 17.4 Å². The summed E-state index contributed by atoms with van der Waals surface area (Å²) in [6.45, 7) is 0. The summed E-state index contributed by atoms with van der Waals surface area (Å²) < 4.78 is 15.1. The number of hydrogen-bond donors (Lipinski definition) is 2. The van der Waals surface area contributed by atoms with Crippen molar-refractivity contribution in [2.45, 2.75) is 5.33 Å². The van der Waals surface area contributed by atoms with E-state index in [2.05, 4.69) is 21.2 Å². The van der Waals surface area contributed by atoms with Crippen LogP contribution < -0.4 is 16.6 Å². The molecule has 6 nitrogen and oxygen atoms in total. The van der Waals surface area contributed by atoms with Crippen LogP contribution in [0.5, 0.6) is 0 Å². The molecule has 0 fully saturated rings. The number of pyridine rings is 1. The van der Waals surface area contributed by atoms with Gasteiger partial charge in [0.2, 0.25) is 0 Å². The number of alkyl halides is 1. The monoisotopic (exact) mass is 365 g/mol. The average molecular weight is 366 g/mol. The van der Waals surface area contributed by atoms with Gasteiger partial charge in [0, 0.05) is 11.4 Å². The molecule has 1 aliphatic rings. The molecular formula is C14H9BrFN3O3. The quantitative estimate of drug-likeness (QED) is 0.620. The number of nitrogen functional groups attached to an aromatic ring is 1. The van der Waals surface area contributed by atoms with Gasteiger partial charge in [0.1, 0.15) is 11.6 Å². The Kier molecular flexibility index (Phi) is 3.32. The second kappa shape index (κ2) is 5.06. The fraction of sp³-hybridized carbons (Fsp3) is 0.0714. The number of imide groups is 1. The third-order valence-corrected chi connectivity index (χ3v) is 4.01. The Balaban J connectivity index is 2.30. The van der Waals surface area contributed by atoms with Gasteiger partial charge in [0.15, 0.2) is 0 Å². The summed E-state index contributed by atoms with van der Waals surface area (Å²) in [5.74, 6) is -2.32. The Bertz CT molecular complexity index is 892. The minimum atomic E-state index is -0.705. The largest absolute Gasteiger partial charge is 0.384 e. The molecule has 1 aliphatic heterocycles. The van der Waals surface area contributed by atoms with E-state index in [1.165, 1.54) is 12.1 Å². The number of anilines is 1. The molecule has 2 amide bonds. The highest BCUT2D eigenvalue weighted by atomic mass is 79.9. The predicted octanol–water partition coefficient (Wildman–Crippen LogP) is 1.34. The van der Waals surface area contributed by atoms with Gasteiger partial charge in [-0.05, 0) is 17.7 Å². The minimum absolute atomic E-state index is 0.0813. The zero-order valence-electron chi connectivity index (χ0n) is 11.0. The van der Waals surface area contributed by atoms with Crippen LogP contribution in [0.3, 0.4) is 0 Å². The van der Waals surface area contributed by atoms with Gasteiger partial charge in [-0.2, -0.15) is 0 Å². The molecule has 0 aliphatic carbocycles. The molecule has 2 heterocycles. The minimum Gasteiger partial charge on any atom is -0.384 e. The van der Waals surface area contributed by atoms with Gasteiger partial charge in [-0.3, -0.25) is 24.3 Å². The summed E-state index contributed by atoms with van der Waals surface area (Å²) in [5, 5.41) is 2.51. The number of carbonyl (C=O) groups is 2. The van der Waals surface area contributed by atoms with Crippen LogP contribution >= 0.6 is 15.9 Å². The maximum absolute atomic E-state index is 14.2. The predicted molar refractivity (Wildman–Crippen MR) is 80.8 cm³/mol. The zero-order chi connectivity index (χ0) is 16.0. The molecule has 1 aromatic carbocycles. The Hall–Kier alpha value is -2.48. The summed E-state index contributed by atoms with van der Waals surface area (Å²) in [5.41, 5.74) is 5.53. The lowest BCUT2D eigenvalue weighted by Crippen LogP contribution is -2.24. The Morgan fingerprint density at radius 2 is 1.91 bits per heavy atom. The molecule has 3 N–H and O–H groups in total. The number of nitrogens with zero attached hydrogens (tertiary/aromatic N) is 1. The van der Waals surface area contributed by atoms with Crippen molar-refractivity contribution in [2.75, 3.05) is 5.73 Å². The van der Waals surface area contributed by atoms with Crippen molar-refractivity contribution in [2.24, 2.45) is 0 Å². The van der Waals surface area contributed by atoms with Gasteiger partial charge >= 0.3 is 0 Å². The lowest BCUT2D eigenvalue weighted by atomic mass is 10.1.